The molecule has 0 aromatic carbocycles. The Kier molecular flexibility index (Phi) is 1.94. The molecule has 0 radical (unpaired) electrons. The van der Waals surface area contributed by atoms with Crippen LogP contribution in [0, 0.1) is 6.92 Å². The summed E-state index contributed by atoms with van der Waals surface area (Å²) in [7, 11) is 1.69. The lowest BCUT2D eigenvalue weighted by molar-refractivity contribution is 0.101. The SMILES string of the molecule is CNc1oc(C)nc1C(C)=O. The number of nitrogens with zero attached hydrogens (tertiary/aromatic N) is 1. The first kappa shape index (κ1) is 7.78. The lowest BCUT2D eigenvalue weighted by Gasteiger charge is -1.92. The first-order valence-electron chi connectivity index (χ1n) is 3.31. The predicted molar refractivity (Wildman–Crippen MR) is 40.8 cm³/mol. The molecular weight excluding hydrogens is 144 g/mol. The van der Waals surface area contributed by atoms with Gasteiger partial charge in [0, 0.05) is 20.9 Å². The van der Waals surface area contributed by atoms with Crippen molar-refractivity contribution in [3.63, 3.8) is 0 Å². The molecule has 0 atom stereocenters. The van der Waals surface area contributed by atoms with E-state index in [1.807, 2.05) is 0 Å². The molecule has 1 heterocycles. The number of hydrogen-bond acceptors (Lipinski definition) is 4. The number of carbonyl (C=O) groups excluding carboxylic acids is 1. The fourth-order valence-corrected chi connectivity index (χ4v) is 0.835. The number of ketones is 1. The number of Topliss-reactive ketones (excluding diaryl/α,β-unsaturated/α-hetero) is 1. The Bertz CT molecular complexity index is 278. The van der Waals surface area contributed by atoms with Crippen LogP contribution in [0.1, 0.15) is 23.3 Å². The van der Waals surface area contributed by atoms with E-state index in [4.69, 9.17) is 4.42 Å². The molecule has 11 heavy (non-hydrogen) atoms. The molecule has 1 rings (SSSR count). The predicted octanol–water partition coefficient (Wildman–Crippen LogP) is 1.23. The molecule has 0 aliphatic carbocycles. The number of nitrogens with one attached hydrogen (secondary N) is 1. The summed E-state index contributed by atoms with van der Waals surface area (Å²) in [6.45, 7) is 3.16. The van der Waals surface area contributed by atoms with Crippen molar-refractivity contribution >= 4 is 11.7 Å². The van der Waals surface area contributed by atoms with Crippen LogP contribution in [0.4, 0.5) is 5.88 Å². The molecule has 0 bridgehead atoms. The lowest BCUT2D eigenvalue weighted by Crippen LogP contribution is -1.97. The van der Waals surface area contributed by atoms with Gasteiger partial charge in [-0.2, -0.15) is 0 Å². The summed E-state index contributed by atoms with van der Waals surface area (Å²) in [4.78, 5) is 14.8. The number of rotatable bonds is 2. The van der Waals surface area contributed by atoms with Crippen LogP contribution >= 0.6 is 0 Å². The van der Waals surface area contributed by atoms with Gasteiger partial charge in [-0.25, -0.2) is 4.98 Å². The molecule has 0 spiro atoms. The number of anilines is 1. The van der Waals surface area contributed by atoms with Crippen molar-refractivity contribution < 1.29 is 9.21 Å². The van der Waals surface area contributed by atoms with Crippen LogP contribution in [0.2, 0.25) is 0 Å². The van der Waals surface area contributed by atoms with E-state index in [1.165, 1.54) is 6.92 Å². The minimum Gasteiger partial charge on any atom is -0.425 e. The number of hydrogen-bond donors (Lipinski definition) is 1. The van der Waals surface area contributed by atoms with Crippen LogP contribution in [0.15, 0.2) is 4.42 Å². The fraction of sp³-hybridized carbons (Fsp3) is 0.429. The van der Waals surface area contributed by atoms with Crippen molar-refractivity contribution in [2.24, 2.45) is 0 Å². The second-order valence-electron chi connectivity index (χ2n) is 2.22. The van der Waals surface area contributed by atoms with Gasteiger partial charge in [-0.3, -0.25) is 4.79 Å². The standard InChI is InChI=1S/C7H10N2O2/c1-4(10)6-7(8-3)11-5(2)9-6/h8H,1-3H3. The second kappa shape index (κ2) is 2.74. The van der Waals surface area contributed by atoms with Crippen molar-refractivity contribution in [2.45, 2.75) is 13.8 Å². The second-order valence-corrected chi connectivity index (χ2v) is 2.22. The number of carbonyl (C=O) groups is 1. The zero-order valence-electron chi connectivity index (χ0n) is 6.76. The highest BCUT2D eigenvalue weighted by Gasteiger charge is 2.12. The minimum absolute atomic E-state index is 0.0915. The molecule has 0 unspecified atom stereocenters. The van der Waals surface area contributed by atoms with Crippen molar-refractivity contribution in [3.05, 3.63) is 11.6 Å². The van der Waals surface area contributed by atoms with Gasteiger partial charge in [0.25, 0.3) is 0 Å². The molecule has 0 saturated carbocycles. The van der Waals surface area contributed by atoms with Crippen molar-refractivity contribution in [1.29, 1.82) is 0 Å². The third kappa shape index (κ3) is 1.39. The van der Waals surface area contributed by atoms with E-state index in [0.717, 1.165) is 0 Å². The van der Waals surface area contributed by atoms with Crippen LogP contribution in [0.25, 0.3) is 0 Å². The number of aromatic nitrogens is 1. The van der Waals surface area contributed by atoms with Gasteiger partial charge in [0.15, 0.2) is 17.4 Å². The highest BCUT2D eigenvalue weighted by Crippen LogP contribution is 2.15. The van der Waals surface area contributed by atoms with Crippen molar-refractivity contribution in [1.82, 2.24) is 4.98 Å². The van der Waals surface area contributed by atoms with Gasteiger partial charge in [0.1, 0.15) is 0 Å². The maximum atomic E-state index is 10.9. The summed E-state index contributed by atoms with van der Waals surface area (Å²) >= 11 is 0. The zero-order chi connectivity index (χ0) is 8.43. The Hall–Kier alpha value is -1.32. The highest BCUT2D eigenvalue weighted by molar-refractivity contribution is 5.96. The van der Waals surface area contributed by atoms with Gasteiger partial charge in [-0.15, -0.1) is 0 Å². The average molecular weight is 154 g/mol. The Balaban J connectivity index is 3.12. The molecule has 0 saturated heterocycles. The smallest absolute Gasteiger partial charge is 0.224 e. The third-order valence-electron chi connectivity index (χ3n) is 1.29. The van der Waals surface area contributed by atoms with Gasteiger partial charge in [0.05, 0.1) is 0 Å². The Morgan fingerprint density at radius 2 is 2.27 bits per heavy atom. The first-order chi connectivity index (χ1) is 5.15. The summed E-state index contributed by atoms with van der Waals surface area (Å²) < 4.78 is 5.08. The Morgan fingerprint density at radius 3 is 2.64 bits per heavy atom. The molecule has 0 aliphatic rings. The van der Waals surface area contributed by atoms with E-state index < -0.39 is 0 Å². The van der Waals surface area contributed by atoms with Crippen LogP contribution in [-0.4, -0.2) is 17.8 Å². The number of oxazole rings is 1. The summed E-state index contributed by atoms with van der Waals surface area (Å²) in [5.41, 5.74) is 0.366. The summed E-state index contributed by atoms with van der Waals surface area (Å²) in [6, 6.07) is 0. The maximum absolute atomic E-state index is 10.9. The number of aryl methyl sites for hydroxylation is 1. The van der Waals surface area contributed by atoms with Crippen LogP contribution < -0.4 is 5.32 Å². The van der Waals surface area contributed by atoms with Crippen LogP contribution in [0.3, 0.4) is 0 Å². The van der Waals surface area contributed by atoms with E-state index in [9.17, 15) is 4.79 Å². The average Bonchev–Trinajstić information content (AvgIpc) is 2.30. The van der Waals surface area contributed by atoms with E-state index in [2.05, 4.69) is 10.3 Å². The van der Waals surface area contributed by atoms with E-state index in [-0.39, 0.29) is 5.78 Å². The summed E-state index contributed by atoms with van der Waals surface area (Å²) in [5.74, 6) is 0.848. The molecule has 4 nitrogen and oxygen atoms in total. The molecule has 1 aromatic rings. The largest absolute Gasteiger partial charge is 0.425 e. The normalized spacial score (nSPS) is 9.73. The molecule has 0 amide bonds. The van der Waals surface area contributed by atoms with Gasteiger partial charge < -0.3 is 9.73 Å². The van der Waals surface area contributed by atoms with Gasteiger partial charge >= 0.3 is 0 Å². The summed E-state index contributed by atoms with van der Waals surface area (Å²) in [6.07, 6.45) is 0. The van der Waals surface area contributed by atoms with Gasteiger partial charge in [0.2, 0.25) is 5.88 Å². The lowest BCUT2D eigenvalue weighted by atomic mass is 10.3. The van der Waals surface area contributed by atoms with E-state index in [0.29, 0.717) is 17.5 Å². The fourth-order valence-electron chi connectivity index (χ4n) is 0.835. The van der Waals surface area contributed by atoms with Crippen molar-refractivity contribution in [2.75, 3.05) is 12.4 Å². The molecule has 60 valence electrons. The third-order valence-corrected chi connectivity index (χ3v) is 1.29. The van der Waals surface area contributed by atoms with Crippen LogP contribution in [0.5, 0.6) is 0 Å². The topological polar surface area (TPSA) is 55.1 Å². The Morgan fingerprint density at radius 1 is 1.64 bits per heavy atom. The molecular formula is C7H10N2O2. The molecule has 1 aromatic heterocycles. The minimum atomic E-state index is -0.0915. The van der Waals surface area contributed by atoms with Gasteiger partial charge in [-0.05, 0) is 0 Å². The van der Waals surface area contributed by atoms with E-state index in [1.54, 1.807) is 14.0 Å². The maximum Gasteiger partial charge on any atom is 0.224 e. The van der Waals surface area contributed by atoms with Crippen molar-refractivity contribution in [3.8, 4) is 0 Å². The molecule has 0 fully saturated rings. The first-order valence-corrected chi connectivity index (χ1v) is 3.31. The highest BCUT2D eigenvalue weighted by atomic mass is 16.4. The quantitative estimate of drug-likeness (QED) is 0.651. The molecule has 4 heteroatoms. The molecule has 1 N–H and O–H groups in total. The van der Waals surface area contributed by atoms with Gasteiger partial charge in [-0.1, -0.05) is 0 Å². The molecule has 0 aliphatic heterocycles. The summed E-state index contributed by atoms with van der Waals surface area (Å²) in [5, 5.41) is 2.75. The zero-order valence-corrected chi connectivity index (χ0v) is 6.76. The monoisotopic (exact) mass is 154 g/mol. The Labute approximate surface area is 64.6 Å². The van der Waals surface area contributed by atoms with E-state index >= 15 is 0 Å². The van der Waals surface area contributed by atoms with Crippen LogP contribution in [-0.2, 0) is 0 Å².